The first-order valence-electron chi connectivity index (χ1n) is 8.03. The summed E-state index contributed by atoms with van der Waals surface area (Å²) in [5.41, 5.74) is 6.12. The van der Waals surface area contributed by atoms with Crippen molar-refractivity contribution in [1.82, 2.24) is 10.1 Å². The highest BCUT2D eigenvalue weighted by Gasteiger charge is 2.26. The summed E-state index contributed by atoms with van der Waals surface area (Å²) < 4.78 is 5.52. The zero-order valence-electron chi connectivity index (χ0n) is 13.2. The van der Waals surface area contributed by atoms with E-state index in [4.69, 9.17) is 10.3 Å². The Labute approximate surface area is 122 Å². The summed E-state index contributed by atoms with van der Waals surface area (Å²) >= 11 is 0. The number of rotatable bonds is 4. The van der Waals surface area contributed by atoms with E-state index in [0.29, 0.717) is 12.5 Å². The Kier molecular flexibility index (Phi) is 5.19. The smallest absolute Gasteiger partial charge is 0.231 e. The molecule has 0 bridgehead atoms. The highest BCUT2D eigenvalue weighted by atomic mass is 16.5. The Balaban J connectivity index is 2.06. The van der Waals surface area contributed by atoms with Crippen LogP contribution in [0.2, 0.25) is 0 Å². The standard InChI is InChI=1S/C16H29N3O/c1-16(2,3)10-13(11-17)15-18-14(19-20-15)12-8-6-4-5-7-9-12/h12-13H,4-11,17H2,1-3H3. The van der Waals surface area contributed by atoms with Crippen molar-refractivity contribution in [2.24, 2.45) is 11.1 Å². The van der Waals surface area contributed by atoms with Crippen molar-refractivity contribution < 1.29 is 4.52 Å². The summed E-state index contributed by atoms with van der Waals surface area (Å²) in [7, 11) is 0. The van der Waals surface area contributed by atoms with Crippen LogP contribution in [0.15, 0.2) is 4.52 Å². The minimum absolute atomic E-state index is 0.182. The van der Waals surface area contributed by atoms with Crippen molar-refractivity contribution >= 4 is 0 Å². The van der Waals surface area contributed by atoms with Gasteiger partial charge in [-0.1, -0.05) is 51.6 Å². The number of hydrogen-bond acceptors (Lipinski definition) is 4. The molecule has 1 fully saturated rings. The summed E-state index contributed by atoms with van der Waals surface area (Å²) in [4.78, 5) is 4.67. The van der Waals surface area contributed by atoms with Gasteiger partial charge in [0.15, 0.2) is 5.82 Å². The second kappa shape index (κ2) is 6.70. The van der Waals surface area contributed by atoms with Gasteiger partial charge in [-0.15, -0.1) is 0 Å². The van der Waals surface area contributed by atoms with E-state index < -0.39 is 0 Å². The Bertz CT molecular complexity index is 400. The number of nitrogens with zero attached hydrogens (tertiary/aromatic N) is 2. The summed E-state index contributed by atoms with van der Waals surface area (Å²) in [5, 5.41) is 4.24. The van der Waals surface area contributed by atoms with Gasteiger partial charge >= 0.3 is 0 Å². The molecule has 1 aromatic rings. The molecule has 0 amide bonds. The maximum absolute atomic E-state index is 5.90. The molecule has 4 heteroatoms. The van der Waals surface area contributed by atoms with Gasteiger partial charge in [0, 0.05) is 12.5 Å². The Morgan fingerprint density at radius 1 is 1.20 bits per heavy atom. The predicted molar refractivity (Wildman–Crippen MR) is 80.6 cm³/mol. The third kappa shape index (κ3) is 4.30. The SMILES string of the molecule is CC(C)(C)CC(CN)c1nc(C2CCCCCC2)no1. The zero-order valence-corrected chi connectivity index (χ0v) is 13.2. The molecule has 2 N–H and O–H groups in total. The number of nitrogens with two attached hydrogens (primary N) is 1. The first-order valence-corrected chi connectivity index (χ1v) is 8.03. The van der Waals surface area contributed by atoms with E-state index in [1.807, 2.05) is 0 Å². The van der Waals surface area contributed by atoms with Gasteiger partial charge in [-0.3, -0.25) is 0 Å². The first kappa shape index (κ1) is 15.5. The molecule has 114 valence electrons. The fourth-order valence-electron chi connectivity index (χ4n) is 3.13. The zero-order chi connectivity index (χ0) is 14.6. The molecular weight excluding hydrogens is 250 g/mol. The van der Waals surface area contributed by atoms with Crippen molar-refractivity contribution in [3.05, 3.63) is 11.7 Å². The Morgan fingerprint density at radius 2 is 1.85 bits per heavy atom. The van der Waals surface area contributed by atoms with Crippen molar-refractivity contribution in [2.45, 2.75) is 77.6 Å². The third-order valence-electron chi connectivity index (χ3n) is 4.17. The van der Waals surface area contributed by atoms with Crippen LogP contribution in [0.3, 0.4) is 0 Å². The van der Waals surface area contributed by atoms with Crippen molar-refractivity contribution in [3.8, 4) is 0 Å². The van der Waals surface area contributed by atoms with Crippen molar-refractivity contribution in [3.63, 3.8) is 0 Å². The van der Waals surface area contributed by atoms with Crippen LogP contribution in [0.5, 0.6) is 0 Å². The van der Waals surface area contributed by atoms with Crippen LogP contribution in [0.4, 0.5) is 0 Å². The maximum atomic E-state index is 5.90. The molecule has 0 radical (unpaired) electrons. The minimum Gasteiger partial charge on any atom is -0.339 e. The molecule has 1 heterocycles. The van der Waals surface area contributed by atoms with Crippen LogP contribution in [-0.2, 0) is 0 Å². The molecule has 0 saturated heterocycles. The van der Waals surface area contributed by atoms with Gasteiger partial charge in [0.25, 0.3) is 0 Å². The lowest BCUT2D eigenvalue weighted by atomic mass is 9.84. The highest BCUT2D eigenvalue weighted by molar-refractivity contribution is 5.01. The van der Waals surface area contributed by atoms with Crippen LogP contribution >= 0.6 is 0 Å². The van der Waals surface area contributed by atoms with Crippen LogP contribution < -0.4 is 5.73 Å². The van der Waals surface area contributed by atoms with Gasteiger partial charge in [-0.05, 0) is 24.7 Å². The van der Waals surface area contributed by atoms with Crippen LogP contribution in [0.1, 0.15) is 89.3 Å². The molecule has 0 spiro atoms. The Morgan fingerprint density at radius 3 is 2.40 bits per heavy atom. The summed E-state index contributed by atoms with van der Waals surface area (Å²) in [5.74, 6) is 2.32. The summed E-state index contributed by atoms with van der Waals surface area (Å²) in [6.07, 6.45) is 8.65. The molecule has 4 nitrogen and oxygen atoms in total. The molecule has 0 aliphatic heterocycles. The number of hydrogen-bond donors (Lipinski definition) is 1. The molecule has 20 heavy (non-hydrogen) atoms. The van der Waals surface area contributed by atoms with E-state index in [-0.39, 0.29) is 11.3 Å². The normalized spacial score (nSPS) is 19.8. The van der Waals surface area contributed by atoms with Gasteiger partial charge in [-0.25, -0.2) is 0 Å². The van der Waals surface area contributed by atoms with Gasteiger partial charge in [0.1, 0.15) is 0 Å². The van der Waals surface area contributed by atoms with Crippen molar-refractivity contribution in [1.29, 1.82) is 0 Å². The second-order valence-electron chi connectivity index (χ2n) is 7.38. The highest BCUT2D eigenvalue weighted by Crippen LogP contribution is 2.33. The van der Waals surface area contributed by atoms with Crippen molar-refractivity contribution in [2.75, 3.05) is 6.54 Å². The lowest BCUT2D eigenvalue weighted by Gasteiger charge is -2.22. The van der Waals surface area contributed by atoms with Gasteiger partial charge in [0.05, 0.1) is 5.92 Å². The van der Waals surface area contributed by atoms with E-state index in [2.05, 4.69) is 30.9 Å². The van der Waals surface area contributed by atoms with E-state index in [9.17, 15) is 0 Å². The average Bonchev–Trinajstić information content (AvgIpc) is 2.70. The molecule has 1 unspecified atom stereocenters. The van der Waals surface area contributed by atoms with Gasteiger partial charge in [0.2, 0.25) is 5.89 Å². The average molecular weight is 279 g/mol. The molecule has 1 aromatic heterocycles. The summed E-state index contributed by atoms with van der Waals surface area (Å²) in [6, 6.07) is 0. The predicted octanol–water partition coefficient (Wildman–Crippen LogP) is 3.99. The number of aromatic nitrogens is 2. The summed E-state index contributed by atoms with van der Waals surface area (Å²) in [6.45, 7) is 7.23. The second-order valence-corrected chi connectivity index (χ2v) is 7.38. The van der Waals surface area contributed by atoms with Crippen LogP contribution in [0, 0.1) is 5.41 Å². The van der Waals surface area contributed by atoms with E-state index >= 15 is 0 Å². The largest absolute Gasteiger partial charge is 0.339 e. The fraction of sp³-hybridized carbons (Fsp3) is 0.875. The molecule has 1 saturated carbocycles. The monoisotopic (exact) mass is 279 g/mol. The first-order chi connectivity index (χ1) is 9.49. The molecule has 1 aliphatic rings. The third-order valence-corrected chi connectivity index (χ3v) is 4.17. The molecule has 2 rings (SSSR count). The van der Waals surface area contributed by atoms with Crippen LogP contribution in [0.25, 0.3) is 0 Å². The molecular formula is C16H29N3O. The molecule has 1 atom stereocenters. The van der Waals surface area contributed by atoms with Gasteiger partial charge in [-0.2, -0.15) is 4.98 Å². The molecule has 0 aromatic carbocycles. The lowest BCUT2D eigenvalue weighted by Crippen LogP contribution is -2.19. The quantitative estimate of drug-likeness (QED) is 0.846. The van der Waals surface area contributed by atoms with E-state index in [1.165, 1.54) is 38.5 Å². The maximum Gasteiger partial charge on any atom is 0.231 e. The van der Waals surface area contributed by atoms with E-state index in [0.717, 1.165) is 18.1 Å². The molecule has 1 aliphatic carbocycles. The van der Waals surface area contributed by atoms with Gasteiger partial charge < -0.3 is 10.3 Å². The topological polar surface area (TPSA) is 64.9 Å². The Hall–Kier alpha value is -0.900. The minimum atomic E-state index is 0.182. The van der Waals surface area contributed by atoms with Crippen LogP contribution in [-0.4, -0.2) is 16.7 Å². The van der Waals surface area contributed by atoms with E-state index in [1.54, 1.807) is 0 Å². The lowest BCUT2D eigenvalue weighted by molar-refractivity contribution is 0.285. The fourth-order valence-corrected chi connectivity index (χ4v) is 3.13.